The molecule has 2 heterocycles. The fourth-order valence-corrected chi connectivity index (χ4v) is 1.76. The molecule has 0 aromatic carbocycles. The molecule has 0 bridgehead atoms. The molecule has 2 aromatic rings. The Balaban J connectivity index is 2.27. The minimum Gasteiger partial charge on any atom is -0.435 e. The third kappa shape index (κ3) is 3.12. The first-order valence-electron chi connectivity index (χ1n) is 6.30. The Kier molecular flexibility index (Phi) is 4.67. The first kappa shape index (κ1) is 14.0. The number of hydrogen-bond acceptors (Lipinski definition) is 7. The zero-order valence-electron chi connectivity index (χ0n) is 11.2. The summed E-state index contributed by atoms with van der Waals surface area (Å²) in [7, 11) is 0. The number of aromatic nitrogens is 3. The van der Waals surface area contributed by atoms with Crippen LogP contribution in [0, 0.1) is 0 Å². The molecule has 2 aromatic heterocycles. The van der Waals surface area contributed by atoms with Gasteiger partial charge in [0.25, 0.3) is 0 Å². The molecular formula is C13H17N5O2. The predicted octanol–water partition coefficient (Wildman–Crippen LogP) is 1.06. The van der Waals surface area contributed by atoms with Crippen LogP contribution in [0.3, 0.4) is 0 Å². The van der Waals surface area contributed by atoms with Crippen molar-refractivity contribution in [1.29, 1.82) is 0 Å². The van der Waals surface area contributed by atoms with Crippen molar-refractivity contribution in [3.8, 4) is 11.6 Å². The molecule has 0 spiro atoms. The largest absolute Gasteiger partial charge is 0.435 e. The Labute approximate surface area is 117 Å². The van der Waals surface area contributed by atoms with Crippen molar-refractivity contribution in [3.63, 3.8) is 0 Å². The number of likely N-dealkylation sites (N-methyl/N-ethyl adjacent to an activating group) is 1. The van der Waals surface area contributed by atoms with E-state index >= 15 is 0 Å². The maximum absolute atomic E-state index is 9.06. The highest BCUT2D eigenvalue weighted by atomic mass is 16.5. The van der Waals surface area contributed by atoms with E-state index in [4.69, 9.17) is 15.6 Å². The number of ether oxygens (including phenoxy) is 1. The SMILES string of the molecule is CCN(CCO)c1ncnc(Oc2cccnc2)c1N. The second-order valence-electron chi connectivity index (χ2n) is 4.01. The summed E-state index contributed by atoms with van der Waals surface area (Å²) in [5, 5.41) is 9.06. The molecule has 0 unspecified atom stereocenters. The van der Waals surface area contributed by atoms with Gasteiger partial charge in [-0.3, -0.25) is 4.98 Å². The van der Waals surface area contributed by atoms with Gasteiger partial charge in [-0.05, 0) is 19.1 Å². The lowest BCUT2D eigenvalue weighted by Crippen LogP contribution is -2.28. The van der Waals surface area contributed by atoms with Crippen LogP contribution in [0.15, 0.2) is 30.9 Å². The van der Waals surface area contributed by atoms with Crippen LogP contribution in [0.5, 0.6) is 11.6 Å². The third-order valence-electron chi connectivity index (χ3n) is 2.73. The fraction of sp³-hybridized carbons (Fsp3) is 0.308. The number of hydrogen-bond donors (Lipinski definition) is 2. The summed E-state index contributed by atoms with van der Waals surface area (Å²) in [5.41, 5.74) is 6.38. The van der Waals surface area contributed by atoms with Crippen LogP contribution < -0.4 is 15.4 Å². The number of anilines is 2. The van der Waals surface area contributed by atoms with Crippen LogP contribution in [0.1, 0.15) is 6.92 Å². The number of rotatable bonds is 6. The molecule has 0 aliphatic rings. The van der Waals surface area contributed by atoms with E-state index < -0.39 is 0 Å². The van der Waals surface area contributed by atoms with E-state index in [1.807, 2.05) is 11.8 Å². The normalized spacial score (nSPS) is 10.3. The fourth-order valence-electron chi connectivity index (χ4n) is 1.76. The molecule has 0 fully saturated rings. The quantitative estimate of drug-likeness (QED) is 0.813. The molecule has 7 heteroatoms. The second kappa shape index (κ2) is 6.67. The van der Waals surface area contributed by atoms with Crippen LogP contribution in [-0.4, -0.2) is 39.8 Å². The van der Waals surface area contributed by atoms with Crippen molar-refractivity contribution in [1.82, 2.24) is 15.0 Å². The Morgan fingerprint density at radius 1 is 1.40 bits per heavy atom. The lowest BCUT2D eigenvalue weighted by Gasteiger charge is -2.22. The number of aliphatic hydroxyl groups is 1. The van der Waals surface area contributed by atoms with Gasteiger partial charge in [0, 0.05) is 19.3 Å². The number of pyridine rings is 1. The first-order chi connectivity index (χ1) is 9.76. The zero-order chi connectivity index (χ0) is 14.4. The molecule has 0 saturated heterocycles. The third-order valence-corrected chi connectivity index (χ3v) is 2.73. The summed E-state index contributed by atoms with van der Waals surface area (Å²) < 4.78 is 5.59. The van der Waals surface area contributed by atoms with Gasteiger partial charge in [0.1, 0.15) is 17.8 Å². The summed E-state index contributed by atoms with van der Waals surface area (Å²) >= 11 is 0. The highest BCUT2D eigenvalue weighted by molar-refractivity contribution is 5.68. The minimum atomic E-state index is 0.0239. The Morgan fingerprint density at radius 3 is 2.90 bits per heavy atom. The summed E-state index contributed by atoms with van der Waals surface area (Å²) in [5.74, 6) is 1.38. The molecule has 0 amide bonds. The standard InChI is InChI=1S/C13H17N5O2/c1-2-18(6-7-19)12-11(14)13(17-9-16-12)20-10-4-3-5-15-8-10/h3-5,8-9,19H,2,6-7,14H2,1H3. The maximum atomic E-state index is 9.06. The van der Waals surface area contributed by atoms with Crippen molar-refractivity contribution in [3.05, 3.63) is 30.9 Å². The summed E-state index contributed by atoms with van der Waals surface area (Å²) in [4.78, 5) is 14.0. The Hall–Kier alpha value is -2.41. The molecule has 0 saturated carbocycles. The number of nitrogen functional groups attached to an aromatic ring is 1. The minimum absolute atomic E-state index is 0.0239. The number of nitrogens with two attached hydrogens (primary N) is 1. The van der Waals surface area contributed by atoms with E-state index in [0.29, 0.717) is 30.3 Å². The predicted molar refractivity (Wildman–Crippen MR) is 75.7 cm³/mol. The topological polar surface area (TPSA) is 97.4 Å². The molecule has 2 rings (SSSR count). The molecule has 0 aliphatic carbocycles. The first-order valence-corrected chi connectivity index (χ1v) is 6.30. The average molecular weight is 275 g/mol. The van der Waals surface area contributed by atoms with E-state index in [2.05, 4.69) is 15.0 Å². The van der Waals surface area contributed by atoms with E-state index in [1.165, 1.54) is 6.33 Å². The van der Waals surface area contributed by atoms with Gasteiger partial charge in [-0.15, -0.1) is 0 Å². The van der Waals surface area contributed by atoms with Crippen LogP contribution >= 0.6 is 0 Å². The van der Waals surface area contributed by atoms with Gasteiger partial charge < -0.3 is 20.5 Å². The molecular weight excluding hydrogens is 258 g/mol. The smallest absolute Gasteiger partial charge is 0.248 e. The monoisotopic (exact) mass is 275 g/mol. The van der Waals surface area contributed by atoms with Crippen LogP contribution in [0.25, 0.3) is 0 Å². The zero-order valence-corrected chi connectivity index (χ0v) is 11.2. The lowest BCUT2D eigenvalue weighted by molar-refractivity contribution is 0.302. The molecule has 0 aliphatic heterocycles. The van der Waals surface area contributed by atoms with E-state index in [9.17, 15) is 0 Å². The van der Waals surface area contributed by atoms with Gasteiger partial charge in [-0.1, -0.05) is 0 Å². The molecule has 3 N–H and O–H groups in total. The summed E-state index contributed by atoms with van der Waals surface area (Å²) in [6.07, 6.45) is 4.62. The van der Waals surface area contributed by atoms with Crippen LogP contribution in [0.4, 0.5) is 11.5 Å². The van der Waals surface area contributed by atoms with Crippen LogP contribution in [-0.2, 0) is 0 Å². The van der Waals surface area contributed by atoms with Gasteiger partial charge in [0.15, 0.2) is 5.82 Å². The molecule has 106 valence electrons. The Bertz CT molecular complexity index is 550. The molecule has 7 nitrogen and oxygen atoms in total. The summed E-state index contributed by atoms with van der Waals surface area (Å²) in [6, 6.07) is 3.53. The molecule has 0 atom stereocenters. The average Bonchev–Trinajstić information content (AvgIpc) is 2.48. The lowest BCUT2D eigenvalue weighted by atomic mass is 10.4. The molecule has 20 heavy (non-hydrogen) atoms. The van der Waals surface area contributed by atoms with Crippen molar-refractivity contribution in [2.75, 3.05) is 30.3 Å². The highest BCUT2D eigenvalue weighted by Crippen LogP contribution is 2.30. The van der Waals surface area contributed by atoms with Gasteiger partial charge in [-0.25, -0.2) is 4.98 Å². The Morgan fingerprint density at radius 2 is 2.25 bits per heavy atom. The van der Waals surface area contributed by atoms with E-state index in [0.717, 1.165) is 0 Å². The van der Waals surface area contributed by atoms with Gasteiger partial charge in [0.05, 0.1) is 12.8 Å². The highest BCUT2D eigenvalue weighted by Gasteiger charge is 2.15. The second-order valence-corrected chi connectivity index (χ2v) is 4.01. The number of nitrogens with zero attached hydrogens (tertiary/aromatic N) is 4. The maximum Gasteiger partial charge on any atom is 0.248 e. The van der Waals surface area contributed by atoms with Crippen molar-refractivity contribution in [2.45, 2.75) is 6.92 Å². The van der Waals surface area contributed by atoms with Crippen molar-refractivity contribution in [2.24, 2.45) is 0 Å². The van der Waals surface area contributed by atoms with Crippen LogP contribution in [0.2, 0.25) is 0 Å². The van der Waals surface area contributed by atoms with Crippen molar-refractivity contribution < 1.29 is 9.84 Å². The summed E-state index contributed by atoms with van der Waals surface area (Å²) in [6.45, 7) is 3.10. The molecule has 0 radical (unpaired) electrons. The number of aliphatic hydroxyl groups excluding tert-OH is 1. The van der Waals surface area contributed by atoms with Gasteiger partial charge in [0.2, 0.25) is 5.88 Å². The van der Waals surface area contributed by atoms with E-state index in [1.54, 1.807) is 24.5 Å². The van der Waals surface area contributed by atoms with Gasteiger partial charge in [-0.2, -0.15) is 4.98 Å². The van der Waals surface area contributed by atoms with Gasteiger partial charge >= 0.3 is 0 Å². The van der Waals surface area contributed by atoms with Crippen molar-refractivity contribution >= 4 is 11.5 Å². The van der Waals surface area contributed by atoms with E-state index in [-0.39, 0.29) is 12.5 Å².